The number of carbonyl (C=O) groups excluding carboxylic acids is 2. The fraction of sp³-hybridized carbons (Fsp3) is 0.962. The van der Waals surface area contributed by atoms with Crippen molar-refractivity contribution in [3.8, 4) is 0 Å². The van der Waals surface area contributed by atoms with Crippen LogP contribution in [0.25, 0.3) is 0 Å². The predicted octanol–water partition coefficient (Wildman–Crippen LogP) is -16.1. The first-order valence-electron chi connectivity index (χ1n) is 29.9. The summed E-state index contributed by atoms with van der Waals surface area (Å²) in [5, 5.41) is 245. The second-order valence-corrected chi connectivity index (χ2v) is 23.8. The van der Waals surface area contributed by atoms with E-state index in [9.17, 15) is 122 Å². The Hall–Kier alpha value is -2.54. The number of carbonyl (C=O) groups is 2. The van der Waals surface area contributed by atoms with E-state index < -0.39 is 297 Å². The molecule has 41 nitrogen and oxygen atoms in total. The second-order valence-electron chi connectivity index (χ2n) is 23.8. The van der Waals surface area contributed by atoms with Crippen molar-refractivity contribution in [1.82, 2.24) is 10.6 Å². The van der Waals surface area contributed by atoms with Gasteiger partial charge in [0.05, 0.1) is 51.8 Å². The van der Waals surface area contributed by atoms with Crippen molar-refractivity contribution < 1.29 is 193 Å². The zero-order chi connectivity index (χ0) is 68.5. The van der Waals surface area contributed by atoms with E-state index in [0.29, 0.717) is 0 Å². The molecule has 40 atom stereocenters. The van der Waals surface area contributed by atoms with Gasteiger partial charge in [0.2, 0.25) is 11.8 Å². The Morgan fingerprint density at radius 2 is 0.559 bits per heavy atom. The molecule has 0 radical (unpaired) electrons. The van der Waals surface area contributed by atoms with Gasteiger partial charge in [-0.2, -0.15) is 0 Å². The molecule has 8 fully saturated rings. The first-order chi connectivity index (χ1) is 43.9. The molecule has 0 aromatic heterocycles. The highest BCUT2D eigenvalue weighted by atomic mass is 16.8. The summed E-state index contributed by atoms with van der Waals surface area (Å²) in [6, 6.07) is -3.95. The summed E-state index contributed by atoms with van der Waals surface area (Å²) in [7, 11) is 0. The van der Waals surface area contributed by atoms with Gasteiger partial charge in [0.25, 0.3) is 0 Å². The van der Waals surface area contributed by atoms with E-state index in [1.165, 1.54) is 13.8 Å². The topological polar surface area (TPSA) is 642 Å². The van der Waals surface area contributed by atoms with Crippen LogP contribution < -0.4 is 10.6 Å². The molecule has 24 N–H and O–H groups in total. The molecule has 93 heavy (non-hydrogen) atoms. The zero-order valence-electron chi connectivity index (χ0n) is 50.1. The molecule has 41 heteroatoms. The van der Waals surface area contributed by atoms with Crippen molar-refractivity contribution >= 4 is 11.8 Å². The van der Waals surface area contributed by atoms with E-state index >= 15 is 0 Å². The van der Waals surface area contributed by atoms with Gasteiger partial charge in [0.15, 0.2) is 50.3 Å². The first kappa shape index (κ1) is 76.2. The zero-order valence-corrected chi connectivity index (χ0v) is 50.1. The number of amides is 2. The quantitative estimate of drug-likeness (QED) is 0.0479. The molecule has 8 rings (SSSR count). The number of hydrogen-bond acceptors (Lipinski definition) is 39. The fourth-order valence-corrected chi connectivity index (χ4v) is 12.2. The molecule has 0 saturated carbocycles. The van der Waals surface area contributed by atoms with Gasteiger partial charge in [-0.15, -0.1) is 0 Å². The molecule has 2 amide bonds. The average molecular weight is 1370 g/mol. The molecule has 0 aromatic carbocycles. The SMILES string of the molecule is CC(=O)N[C@H]1[C@H](O[C@H]2[C@@H](O)[C@@H](CO)O[C@@H](O[C@H]3[C@H](O)[C@@H](O)[C@H](O)O[C@@H]3CO)[C@@H]2O)O[C@H](CO)[C@@H](O[C@@H]2O[C@@H](C)[C@@H](O)[C@@H](O)[C@@H]2O)[C@@H]1O[C@@H]1O[C@H](CO)[C@H](O)[C@H](O[C@@H]2O[C@H](CO)[C@@H](O[C@@H]3O[C@H](CO)[C@H](O)[C@H](O)[C@H]3O)[C@H](O[C@@H]3O[C@@H](C)[C@@H](O)[C@@H](O)[C@@H]3O)[C@H]2NC(C)=O)[C@H]1O. The molecular weight excluding hydrogens is 1280 g/mol. The number of aliphatic hydroxyl groups excluding tert-OH is 22. The fourth-order valence-electron chi connectivity index (χ4n) is 12.2. The Morgan fingerprint density at radius 1 is 0.280 bits per heavy atom. The molecule has 540 valence electrons. The molecule has 8 aliphatic rings. The van der Waals surface area contributed by atoms with Crippen molar-refractivity contribution in [2.24, 2.45) is 0 Å². The smallest absolute Gasteiger partial charge is 0.217 e. The lowest BCUT2D eigenvalue weighted by molar-refractivity contribution is -0.399. The third-order valence-electron chi connectivity index (χ3n) is 17.4. The summed E-state index contributed by atoms with van der Waals surface area (Å²) in [5.41, 5.74) is 0. The number of hydrogen-bond donors (Lipinski definition) is 24. The number of ether oxygens (including phenoxy) is 15. The Bertz CT molecular complexity index is 2350. The minimum Gasteiger partial charge on any atom is -0.394 e. The third kappa shape index (κ3) is 16.2. The largest absolute Gasteiger partial charge is 0.394 e. The lowest BCUT2D eigenvalue weighted by atomic mass is 9.93. The lowest BCUT2D eigenvalue weighted by Crippen LogP contribution is -2.72. The second kappa shape index (κ2) is 32.6. The standard InChI is InChI=1S/C52H88N2O39/c1-11-23(63)28(68)33(73)48(79-11)88-39-19(9-59)85-47(92-43-26(66)16(6-56)83-51(36(43)76)87-38-18(8-58)81-45(78)32(72)31(38)71)22(54-14(4)62)42(39)91-52-37(77)44(27(67)17(7-57)84-52)93-46-21(53-13(3)61)41(90-49-34(74)29(69)24(64)12(2)80-49)40(20(10-60)86-46)89-50-35(75)30(70)25(65)15(5-55)82-50/h11-12,15-52,55-60,63-78H,5-10H2,1-4H3,(H,53,61)(H,54,62)/t11-,12-,15+,16+,17+,18+,19+,20+,21+,22+,23+,24+,25-,26-,27-,28+,29+,30-,31+,32+,33-,34-,35+,36+,37+,38+,39+,40+,41+,42+,43-,44-,45+,46-,47-,48-,49-,50-,51-,52-/m0/s1. The Balaban J connectivity index is 1.16. The Kier molecular flexibility index (Phi) is 26.7. The minimum atomic E-state index is -2.47. The van der Waals surface area contributed by atoms with Crippen molar-refractivity contribution in [2.45, 2.75) is 273 Å². The van der Waals surface area contributed by atoms with Crippen LogP contribution >= 0.6 is 0 Å². The molecule has 0 spiro atoms. The van der Waals surface area contributed by atoms with Crippen LogP contribution in [0, 0.1) is 0 Å². The molecule has 0 unspecified atom stereocenters. The highest BCUT2D eigenvalue weighted by Gasteiger charge is 2.61. The number of aliphatic hydroxyl groups is 22. The summed E-state index contributed by atoms with van der Waals surface area (Å²) in [5.74, 6) is -1.93. The van der Waals surface area contributed by atoms with Crippen molar-refractivity contribution in [1.29, 1.82) is 0 Å². The first-order valence-corrected chi connectivity index (χ1v) is 29.9. The van der Waals surface area contributed by atoms with Gasteiger partial charge in [0, 0.05) is 13.8 Å². The van der Waals surface area contributed by atoms with Gasteiger partial charge in [0.1, 0.15) is 183 Å². The van der Waals surface area contributed by atoms with Crippen LogP contribution in [0.4, 0.5) is 0 Å². The summed E-state index contributed by atoms with van der Waals surface area (Å²) in [6.07, 6.45) is -75.6. The van der Waals surface area contributed by atoms with Crippen molar-refractivity contribution in [2.75, 3.05) is 39.6 Å². The van der Waals surface area contributed by atoms with E-state index in [0.717, 1.165) is 13.8 Å². The van der Waals surface area contributed by atoms with Gasteiger partial charge in [-0.05, 0) is 13.8 Å². The third-order valence-corrected chi connectivity index (χ3v) is 17.4. The van der Waals surface area contributed by atoms with Gasteiger partial charge in [-0.25, -0.2) is 0 Å². The molecule has 8 saturated heterocycles. The molecule has 0 bridgehead atoms. The molecule has 0 aromatic rings. The van der Waals surface area contributed by atoms with E-state index in [4.69, 9.17) is 71.1 Å². The Labute approximate surface area is 527 Å². The summed E-state index contributed by atoms with van der Waals surface area (Å²) >= 11 is 0. The maximum atomic E-state index is 13.4. The van der Waals surface area contributed by atoms with Crippen LogP contribution in [-0.4, -0.2) is 409 Å². The maximum absolute atomic E-state index is 13.4. The normalized spacial score (nSPS) is 51.6. The van der Waals surface area contributed by atoms with Gasteiger partial charge in [-0.3, -0.25) is 9.59 Å². The average Bonchev–Trinajstić information content (AvgIpc) is 0.918. The van der Waals surface area contributed by atoms with Crippen LogP contribution in [0.5, 0.6) is 0 Å². The number of nitrogens with one attached hydrogen (secondary N) is 2. The monoisotopic (exact) mass is 1360 g/mol. The van der Waals surface area contributed by atoms with Crippen LogP contribution in [0.15, 0.2) is 0 Å². The molecule has 8 heterocycles. The van der Waals surface area contributed by atoms with E-state index in [-0.39, 0.29) is 0 Å². The molecule has 8 aliphatic heterocycles. The Morgan fingerprint density at radius 3 is 0.914 bits per heavy atom. The van der Waals surface area contributed by atoms with Gasteiger partial charge in [-0.1, -0.05) is 0 Å². The summed E-state index contributed by atoms with van der Waals surface area (Å²) in [4.78, 5) is 26.7. The summed E-state index contributed by atoms with van der Waals surface area (Å²) in [6.45, 7) is -2.08. The van der Waals surface area contributed by atoms with Crippen LogP contribution in [-0.2, 0) is 80.6 Å². The van der Waals surface area contributed by atoms with E-state index in [1.807, 2.05) is 0 Å². The van der Waals surface area contributed by atoms with E-state index in [2.05, 4.69) is 10.6 Å². The maximum Gasteiger partial charge on any atom is 0.217 e. The highest BCUT2D eigenvalue weighted by molar-refractivity contribution is 5.73. The minimum absolute atomic E-state index is 0.937. The van der Waals surface area contributed by atoms with E-state index in [1.54, 1.807) is 0 Å². The van der Waals surface area contributed by atoms with Crippen LogP contribution in [0.3, 0.4) is 0 Å². The molecule has 0 aliphatic carbocycles. The van der Waals surface area contributed by atoms with Crippen LogP contribution in [0.2, 0.25) is 0 Å². The number of rotatable bonds is 22. The van der Waals surface area contributed by atoms with Gasteiger partial charge < -0.3 is 194 Å². The van der Waals surface area contributed by atoms with Crippen LogP contribution in [0.1, 0.15) is 27.7 Å². The highest BCUT2D eigenvalue weighted by Crippen LogP contribution is 2.40. The van der Waals surface area contributed by atoms with Crippen molar-refractivity contribution in [3.63, 3.8) is 0 Å². The van der Waals surface area contributed by atoms with Crippen molar-refractivity contribution in [3.05, 3.63) is 0 Å². The molecular formula is C52H88N2O39. The lowest BCUT2D eigenvalue weighted by Gasteiger charge is -2.52. The summed E-state index contributed by atoms with van der Waals surface area (Å²) < 4.78 is 89.0. The predicted molar refractivity (Wildman–Crippen MR) is 285 cm³/mol. The van der Waals surface area contributed by atoms with Gasteiger partial charge >= 0.3 is 0 Å².